The first kappa shape index (κ1) is 15.8. The van der Waals surface area contributed by atoms with Gasteiger partial charge in [-0.05, 0) is 30.2 Å². The van der Waals surface area contributed by atoms with Crippen molar-refractivity contribution in [3.63, 3.8) is 0 Å². The van der Waals surface area contributed by atoms with Crippen molar-refractivity contribution < 1.29 is 8.78 Å². The van der Waals surface area contributed by atoms with E-state index in [1.54, 1.807) is 0 Å². The molecule has 0 saturated heterocycles. The average molecular weight is 327 g/mol. The lowest BCUT2D eigenvalue weighted by Crippen LogP contribution is -2.07. The Kier molecular flexibility index (Phi) is 4.60. The van der Waals surface area contributed by atoms with Crippen molar-refractivity contribution in [2.45, 2.75) is 13.5 Å². The van der Waals surface area contributed by atoms with Gasteiger partial charge in [-0.1, -0.05) is 24.3 Å². The summed E-state index contributed by atoms with van der Waals surface area (Å²) >= 11 is 0. The quantitative estimate of drug-likeness (QED) is 0.746. The largest absolute Gasteiger partial charge is 0.349 e. The number of nitrogens with zero attached hydrogens (tertiary/aromatic N) is 3. The second kappa shape index (κ2) is 6.99. The van der Waals surface area contributed by atoms with E-state index in [4.69, 9.17) is 0 Å². The van der Waals surface area contributed by atoms with Gasteiger partial charge in [0.2, 0.25) is 5.95 Å². The standard InChI is InChI=1S/C17H15F2N5/c1-11-4-2-3-5-12(11)9-20-17-23-16(10-21-24-17)22-13-6-7-14(18)15(19)8-13/h2-8,10H,9H2,1H3,(H2,20,22,23,24). The van der Waals surface area contributed by atoms with Crippen LogP contribution in [0.4, 0.5) is 26.2 Å². The SMILES string of the molecule is Cc1ccccc1CNc1nncc(Nc2ccc(F)c(F)c2)n1. The van der Waals surface area contributed by atoms with Gasteiger partial charge in [0.05, 0.1) is 6.20 Å². The molecule has 0 unspecified atom stereocenters. The van der Waals surface area contributed by atoms with Gasteiger partial charge in [0.15, 0.2) is 17.5 Å². The highest BCUT2D eigenvalue weighted by atomic mass is 19.2. The van der Waals surface area contributed by atoms with Crippen molar-refractivity contribution in [2.24, 2.45) is 0 Å². The smallest absolute Gasteiger partial charge is 0.244 e. The minimum atomic E-state index is -0.931. The Balaban J connectivity index is 1.69. The molecule has 2 N–H and O–H groups in total. The summed E-state index contributed by atoms with van der Waals surface area (Å²) < 4.78 is 26.2. The second-order valence-corrected chi connectivity index (χ2v) is 5.20. The summed E-state index contributed by atoms with van der Waals surface area (Å²) in [4.78, 5) is 4.25. The first-order valence-electron chi connectivity index (χ1n) is 7.32. The van der Waals surface area contributed by atoms with Crippen LogP contribution in [0.25, 0.3) is 0 Å². The van der Waals surface area contributed by atoms with E-state index >= 15 is 0 Å². The molecule has 3 aromatic rings. The van der Waals surface area contributed by atoms with Crippen LogP contribution in [0.15, 0.2) is 48.7 Å². The van der Waals surface area contributed by atoms with Crippen molar-refractivity contribution >= 4 is 17.5 Å². The maximum atomic E-state index is 13.2. The van der Waals surface area contributed by atoms with Gasteiger partial charge in [-0.2, -0.15) is 10.1 Å². The highest BCUT2D eigenvalue weighted by Gasteiger charge is 2.05. The molecule has 0 bridgehead atoms. The Morgan fingerprint density at radius 1 is 1.04 bits per heavy atom. The summed E-state index contributed by atoms with van der Waals surface area (Å²) in [6.07, 6.45) is 1.40. The van der Waals surface area contributed by atoms with E-state index in [1.807, 2.05) is 31.2 Å². The van der Waals surface area contributed by atoms with Gasteiger partial charge in [-0.3, -0.25) is 0 Å². The summed E-state index contributed by atoms with van der Waals surface area (Å²) in [5, 5.41) is 13.7. The highest BCUT2D eigenvalue weighted by Crippen LogP contribution is 2.17. The van der Waals surface area contributed by atoms with Gasteiger partial charge in [0.25, 0.3) is 0 Å². The van der Waals surface area contributed by atoms with E-state index in [2.05, 4.69) is 25.8 Å². The third-order valence-electron chi connectivity index (χ3n) is 3.45. The van der Waals surface area contributed by atoms with Crippen molar-refractivity contribution in [3.05, 3.63) is 71.4 Å². The number of hydrogen-bond acceptors (Lipinski definition) is 5. The van der Waals surface area contributed by atoms with E-state index in [-0.39, 0.29) is 0 Å². The molecule has 0 spiro atoms. The van der Waals surface area contributed by atoms with E-state index in [0.29, 0.717) is 24.0 Å². The van der Waals surface area contributed by atoms with Gasteiger partial charge in [-0.15, -0.1) is 5.10 Å². The molecule has 0 aliphatic heterocycles. The fourth-order valence-corrected chi connectivity index (χ4v) is 2.14. The molecule has 3 rings (SSSR count). The number of nitrogens with one attached hydrogen (secondary N) is 2. The number of benzene rings is 2. The van der Waals surface area contributed by atoms with Gasteiger partial charge in [0, 0.05) is 18.3 Å². The molecule has 0 saturated carbocycles. The minimum Gasteiger partial charge on any atom is -0.349 e. The fourth-order valence-electron chi connectivity index (χ4n) is 2.14. The maximum Gasteiger partial charge on any atom is 0.244 e. The number of hydrogen-bond donors (Lipinski definition) is 2. The molecule has 0 aliphatic carbocycles. The lowest BCUT2D eigenvalue weighted by atomic mass is 10.1. The van der Waals surface area contributed by atoms with Crippen LogP contribution >= 0.6 is 0 Å². The molecule has 0 radical (unpaired) electrons. The molecule has 0 aliphatic rings. The first-order chi connectivity index (χ1) is 11.6. The predicted octanol–water partition coefficient (Wildman–Crippen LogP) is 3.81. The zero-order valence-corrected chi connectivity index (χ0v) is 12.9. The van der Waals surface area contributed by atoms with E-state index < -0.39 is 11.6 Å². The van der Waals surface area contributed by atoms with Gasteiger partial charge >= 0.3 is 0 Å². The van der Waals surface area contributed by atoms with Crippen LogP contribution in [0.3, 0.4) is 0 Å². The maximum absolute atomic E-state index is 13.2. The normalized spacial score (nSPS) is 10.5. The van der Waals surface area contributed by atoms with E-state index in [1.165, 1.54) is 12.3 Å². The van der Waals surface area contributed by atoms with Crippen molar-refractivity contribution in [2.75, 3.05) is 10.6 Å². The molecule has 24 heavy (non-hydrogen) atoms. The van der Waals surface area contributed by atoms with E-state index in [9.17, 15) is 8.78 Å². The highest BCUT2D eigenvalue weighted by molar-refractivity contribution is 5.56. The molecule has 1 aromatic heterocycles. The lowest BCUT2D eigenvalue weighted by Gasteiger charge is -2.09. The fraction of sp³-hybridized carbons (Fsp3) is 0.118. The number of rotatable bonds is 5. The van der Waals surface area contributed by atoms with Crippen LogP contribution < -0.4 is 10.6 Å². The predicted molar refractivity (Wildman–Crippen MR) is 88.0 cm³/mol. The Bertz CT molecular complexity index is 854. The van der Waals surface area contributed by atoms with Crippen LogP contribution in [0, 0.1) is 18.6 Å². The van der Waals surface area contributed by atoms with Crippen molar-refractivity contribution in [3.8, 4) is 0 Å². The molecule has 2 aromatic carbocycles. The van der Waals surface area contributed by atoms with Crippen molar-refractivity contribution in [1.82, 2.24) is 15.2 Å². The summed E-state index contributed by atoms with van der Waals surface area (Å²) in [6, 6.07) is 11.5. The topological polar surface area (TPSA) is 62.7 Å². The first-order valence-corrected chi connectivity index (χ1v) is 7.32. The molecule has 5 nitrogen and oxygen atoms in total. The molecule has 0 amide bonds. The van der Waals surface area contributed by atoms with Crippen LogP contribution in [0.1, 0.15) is 11.1 Å². The molecular formula is C17H15F2N5. The Hall–Kier alpha value is -3.09. The van der Waals surface area contributed by atoms with Crippen LogP contribution in [0.2, 0.25) is 0 Å². The van der Waals surface area contributed by atoms with Gasteiger partial charge in [-0.25, -0.2) is 8.78 Å². The van der Waals surface area contributed by atoms with Crippen molar-refractivity contribution in [1.29, 1.82) is 0 Å². The molecule has 7 heteroatoms. The Labute approximate surface area is 137 Å². The molecule has 0 fully saturated rings. The average Bonchev–Trinajstić information content (AvgIpc) is 2.58. The van der Waals surface area contributed by atoms with Gasteiger partial charge < -0.3 is 10.6 Å². The molecule has 1 heterocycles. The monoisotopic (exact) mass is 327 g/mol. The third-order valence-corrected chi connectivity index (χ3v) is 3.45. The Morgan fingerprint density at radius 3 is 2.67 bits per heavy atom. The molecular weight excluding hydrogens is 312 g/mol. The van der Waals surface area contributed by atoms with Crippen LogP contribution in [-0.4, -0.2) is 15.2 Å². The van der Waals surface area contributed by atoms with Crippen LogP contribution in [-0.2, 0) is 6.54 Å². The number of anilines is 3. The van der Waals surface area contributed by atoms with Gasteiger partial charge in [0.1, 0.15) is 0 Å². The Morgan fingerprint density at radius 2 is 1.88 bits per heavy atom. The summed E-state index contributed by atoms with van der Waals surface area (Å²) in [6.45, 7) is 2.58. The molecule has 0 atom stereocenters. The summed E-state index contributed by atoms with van der Waals surface area (Å²) in [5.41, 5.74) is 2.66. The molecule has 122 valence electrons. The van der Waals surface area contributed by atoms with Crippen LogP contribution in [0.5, 0.6) is 0 Å². The van der Waals surface area contributed by atoms with E-state index in [0.717, 1.165) is 23.3 Å². The second-order valence-electron chi connectivity index (χ2n) is 5.20. The minimum absolute atomic E-state index is 0.339. The number of halogens is 2. The zero-order chi connectivity index (χ0) is 16.9. The third kappa shape index (κ3) is 3.81. The lowest BCUT2D eigenvalue weighted by molar-refractivity contribution is 0.509. The number of aromatic nitrogens is 3. The summed E-state index contributed by atoms with van der Waals surface area (Å²) in [7, 11) is 0. The summed E-state index contributed by atoms with van der Waals surface area (Å²) in [5.74, 6) is -1.11. The number of aryl methyl sites for hydroxylation is 1. The zero-order valence-electron chi connectivity index (χ0n) is 12.9.